The van der Waals surface area contributed by atoms with E-state index >= 15 is 0 Å². The first-order valence-corrected chi connectivity index (χ1v) is 11.1. The Labute approximate surface area is 203 Å². The Hall–Kier alpha value is -3.01. The molecule has 2 rings (SSSR count). The van der Waals surface area contributed by atoms with E-state index in [1.165, 1.54) is 13.0 Å². The van der Waals surface area contributed by atoms with E-state index in [0.29, 0.717) is 22.7 Å². The summed E-state index contributed by atoms with van der Waals surface area (Å²) in [6.45, 7) is 6.65. The summed E-state index contributed by atoms with van der Waals surface area (Å²) in [5, 5.41) is 23.1. The summed E-state index contributed by atoms with van der Waals surface area (Å²) in [6, 6.07) is 15.8. The summed E-state index contributed by atoms with van der Waals surface area (Å²) in [5.74, 6) is -2.36. The van der Waals surface area contributed by atoms with Crippen LogP contribution in [-0.2, 0) is 9.59 Å². The third-order valence-corrected chi connectivity index (χ3v) is 5.92. The number of anilines is 1. The highest BCUT2D eigenvalue weighted by Gasteiger charge is 2.53. The number of nitrogens with one attached hydrogen (secondary N) is 1. The van der Waals surface area contributed by atoms with Crippen LogP contribution < -0.4 is 10.1 Å². The number of halogens is 2. The lowest BCUT2D eigenvalue weighted by molar-refractivity contribution is -0.155. The highest BCUT2D eigenvalue weighted by Crippen LogP contribution is 2.50. The number of amides is 1. The van der Waals surface area contributed by atoms with Crippen molar-refractivity contribution in [2.75, 3.05) is 5.32 Å². The van der Waals surface area contributed by atoms with Gasteiger partial charge in [0.25, 0.3) is 0 Å². The van der Waals surface area contributed by atoms with Crippen LogP contribution in [0.5, 0.6) is 11.5 Å². The Morgan fingerprint density at radius 2 is 1.76 bits per heavy atom. The summed E-state index contributed by atoms with van der Waals surface area (Å²) in [4.78, 5) is 23.8. The summed E-state index contributed by atoms with van der Waals surface area (Å²) >= 11 is 11.7. The molecule has 174 valence electrons. The van der Waals surface area contributed by atoms with Gasteiger partial charge < -0.3 is 15.2 Å². The lowest BCUT2D eigenvalue weighted by Crippen LogP contribution is -2.46. The van der Waals surface area contributed by atoms with Crippen LogP contribution in [0.15, 0.2) is 59.1 Å². The van der Waals surface area contributed by atoms with Crippen molar-refractivity contribution in [2.45, 2.75) is 33.6 Å². The molecular formula is C25H26Cl2N2O4. The molecule has 0 radical (unpaired) electrons. The minimum Gasteiger partial charge on any atom is -0.481 e. The van der Waals surface area contributed by atoms with Gasteiger partial charge in [0, 0.05) is 12.6 Å². The third-order valence-electron chi connectivity index (χ3n) is 5.66. The first-order valence-electron chi connectivity index (χ1n) is 10.3. The Kier molecular flexibility index (Phi) is 8.92. The van der Waals surface area contributed by atoms with Gasteiger partial charge in [-0.1, -0.05) is 62.2 Å². The van der Waals surface area contributed by atoms with Crippen LogP contribution in [0.3, 0.4) is 0 Å². The predicted octanol–water partition coefficient (Wildman–Crippen LogP) is 6.73. The summed E-state index contributed by atoms with van der Waals surface area (Å²) in [5.41, 5.74) is -0.342. The van der Waals surface area contributed by atoms with Crippen molar-refractivity contribution in [1.29, 1.82) is 5.26 Å². The second-order valence-electron chi connectivity index (χ2n) is 8.08. The van der Waals surface area contributed by atoms with Gasteiger partial charge in [-0.05, 0) is 53.8 Å². The van der Waals surface area contributed by atoms with E-state index in [1.54, 1.807) is 69.3 Å². The molecule has 0 aliphatic carbocycles. The molecule has 2 N–H and O–H groups in total. The standard InChI is InChI=1S/C25H26Cl2N2O4/c1-15(2)25(24(31)32,16(3)12-23(26)27)22(14-28)18-6-5-7-21(13-18)33-20-10-8-19(9-11-20)29-17(4)30/h5-13,15-16,22H,1-4H3,(H,29,30)(H,31,32). The zero-order valence-electron chi connectivity index (χ0n) is 18.8. The quantitative estimate of drug-likeness (QED) is 0.407. The fraction of sp³-hybridized carbons (Fsp3) is 0.320. The smallest absolute Gasteiger partial charge is 0.312 e. The number of nitriles is 1. The van der Waals surface area contributed by atoms with Crippen LogP contribution in [0.2, 0.25) is 0 Å². The number of carboxylic acids is 1. The van der Waals surface area contributed by atoms with E-state index in [1.807, 2.05) is 0 Å². The number of aliphatic carboxylic acids is 1. The number of hydrogen-bond donors (Lipinski definition) is 2. The number of carboxylic acid groups (broad SMARTS) is 1. The highest BCUT2D eigenvalue weighted by atomic mass is 35.5. The van der Waals surface area contributed by atoms with Gasteiger partial charge in [-0.3, -0.25) is 9.59 Å². The molecule has 0 bridgehead atoms. The van der Waals surface area contributed by atoms with E-state index in [4.69, 9.17) is 27.9 Å². The molecule has 33 heavy (non-hydrogen) atoms. The zero-order chi connectivity index (χ0) is 24.8. The topological polar surface area (TPSA) is 99.4 Å². The zero-order valence-corrected chi connectivity index (χ0v) is 20.3. The van der Waals surface area contributed by atoms with Crippen LogP contribution in [0.4, 0.5) is 5.69 Å². The average Bonchev–Trinajstić information content (AvgIpc) is 2.72. The Bertz CT molecular complexity index is 1070. The van der Waals surface area contributed by atoms with Gasteiger partial charge >= 0.3 is 5.97 Å². The number of allylic oxidation sites excluding steroid dienone is 1. The van der Waals surface area contributed by atoms with Crippen LogP contribution in [-0.4, -0.2) is 17.0 Å². The normalized spacial score (nSPS) is 14.4. The van der Waals surface area contributed by atoms with Crippen LogP contribution >= 0.6 is 23.2 Å². The monoisotopic (exact) mass is 488 g/mol. The highest BCUT2D eigenvalue weighted by molar-refractivity contribution is 6.55. The van der Waals surface area contributed by atoms with Gasteiger partial charge in [-0.2, -0.15) is 5.26 Å². The minimum atomic E-state index is -1.48. The molecule has 0 aliphatic heterocycles. The molecule has 0 heterocycles. The van der Waals surface area contributed by atoms with E-state index in [9.17, 15) is 20.0 Å². The average molecular weight is 489 g/mol. The first kappa shape index (κ1) is 26.2. The van der Waals surface area contributed by atoms with Gasteiger partial charge in [-0.25, -0.2) is 0 Å². The van der Waals surface area contributed by atoms with E-state index in [-0.39, 0.29) is 10.4 Å². The molecule has 1 amide bonds. The fourth-order valence-corrected chi connectivity index (χ4v) is 4.55. The van der Waals surface area contributed by atoms with Crippen molar-refractivity contribution in [3.05, 3.63) is 64.7 Å². The van der Waals surface area contributed by atoms with Crippen molar-refractivity contribution in [2.24, 2.45) is 17.3 Å². The molecule has 3 unspecified atom stereocenters. The molecule has 0 fully saturated rings. The summed E-state index contributed by atoms with van der Waals surface area (Å²) in [7, 11) is 0. The minimum absolute atomic E-state index is 0.0507. The number of carbonyl (C=O) groups excluding carboxylic acids is 1. The van der Waals surface area contributed by atoms with Gasteiger partial charge in [-0.15, -0.1) is 0 Å². The molecule has 0 saturated heterocycles. The van der Waals surface area contributed by atoms with Gasteiger partial charge in [0.05, 0.1) is 17.4 Å². The third kappa shape index (κ3) is 6.07. The second-order valence-corrected chi connectivity index (χ2v) is 9.09. The van der Waals surface area contributed by atoms with Crippen LogP contribution in [0, 0.1) is 28.6 Å². The van der Waals surface area contributed by atoms with Crippen molar-refractivity contribution in [1.82, 2.24) is 0 Å². The van der Waals surface area contributed by atoms with Crippen molar-refractivity contribution in [3.8, 4) is 17.6 Å². The molecule has 0 saturated carbocycles. The predicted molar refractivity (Wildman–Crippen MR) is 129 cm³/mol. The largest absolute Gasteiger partial charge is 0.481 e. The molecular weight excluding hydrogens is 463 g/mol. The van der Waals surface area contributed by atoms with Gasteiger partial charge in [0.2, 0.25) is 5.91 Å². The number of ether oxygens (including phenoxy) is 1. The SMILES string of the molecule is CC(=O)Nc1ccc(Oc2cccc(C(C#N)C(C(=O)O)(C(C)C)C(C)C=C(Cl)Cl)c2)cc1. The number of nitrogens with zero attached hydrogens (tertiary/aromatic N) is 1. The maximum Gasteiger partial charge on any atom is 0.312 e. The van der Waals surface area contributed by atoms with Crippen molar-refractivity contribution in [3.63, 3.8) is 0 Å². The number of carbonyl (C=O) groups is 2. The lowest BCUT2D eigenvalue weighted by Gasteiger charge is -2.41. The molecule has 0 spiro atoms. The number of rotatable bonds is 9. The molecule has 8 heteroatoms. The molecule has 3 atom stereocenters. The lowest BCUT2D eigenvalue weighted by atomic mass is 9.59. The van der Waals surface area contributed by atoms with Crippen LogP contribution in [0.1, 0.15) is 39.2 Å². The molecule has 6 nitrogen and oxygen atoms in total. The first-order chi connectivity index (χ1) is 15.5. The molecule has 0 aromatic heterocycles. The fourth-order valence-electron chi connectivity index (χ4n) is 4.17. The van der Waals surface area contributed by atoms with Gasteiger partial charge in [0.15, 0.2) is 0 Å². The van der Waals surface area contributed by atoms with E-state index in [0.717, 1.165) is 0 Å². The maximum atomic E-state index is 12.6. The molecule has 0 aliphatic rings. The van der Waals surface area contributed by atoms with Gasteiger partial charge in [0.1, 0.15) is 16.0 Å². The Morgan fingerprint density at radius 1 is 1.12 bits per heavy atom. The van der Waals surface area contributed by atoms with E-state index in [2.05, 4.69) is 11.4 Å². The van der Waals surface area contributed by atoms with Crippen molar-refractivity contribution >= 4 is 40.8 Å². The summed E-state index contributed by atoms with van der Waals surface area (Å²) < 4.78 is 5.86. The van der Waals surface area contributed by atoms with Crippen LogP contribution in [0.25, 0.3) is 0 Å². The number of hydrogen-bond acceptors (Lipinski definition) is 4. The van der Waals surface area contributed by atoms with Crippen molar-refractivity contribution < 1.29 is 19.4 Å². The second kappa shape index (κ2) is 11.2. The molecule has 2 aromatic rings. The number of benzene rings is 2. The summed E-state index contributed by atoms with van der Waals surface area (Å²) in [6.07, 6.45) is 1.46. The Balaban J connectivity index is 2.46. The molecule has 2 aromatic carbocycles. The Morgan fingerprint density at radius 3 is 2.24 bits per heavy atom. The maximum absolute atomic E-state index is 12.6. The van der Waals surface area contributed by atoms with E-state index < -0.39 is 29.1 Å².